The number of hydrogen-bond donors (Lipinski definition) is 3. The van der Waals surface area contributed by atoms with Crippen molar-refractivity contribution in [2.75, 3.05) is 13.2 Å². The zero-order chi connectivity index (χ0) is 12.0. The van der Waals surface area contributed by atoms with Gasteiger partial charge in [-0.1, -0.05) is 30.3 Å². The molecule has 0 saturated carbocycles. The number of nitrogens with one attached hydrogen (secondary N) is 1. The second kappa shape index (κ2) is 5.95. The van der Waals surface area contributed by atoms with Gasteiger partial charge in [-0.15, -0.1) is 0 Å². The van der Waals surface area contributed by atoms with Gasteiger partial charge in [0, 0.05) is 0 Å². The first-order valence-corrected chi connectivity index (χ1v) is 6.48. The maximum Gasteiger partial charge on any atom is 0.216 e. The molecule has 0 unspecified atom stereocenters. The smallest absolute Gasteiger partial charge is 0.216 e. The highest BCUT2D eigenvalue weighted by Gasteiger charge is 2.16. The van der Waals surface area contributed by atoms with E-state index >= 15 is 0 Å². The maximum atomic E-state index is 11.6. The van der Waals surface area contributed by atoms with E-state index in [1.165, 1.54) is 0 Å². The largest absolute Gasteiger partial charge is 0.395 e. The number of rotatable bonds is 6. The monoisotopic (exact) mass is 245 g/mol. The molecular weight excluding hydrogens is 230 g/mol. The van der Waals surface area contributed by atoms with Crippen LogP contribution in [0.4, 0.5) is 0 Å². The molecule has 0 radical (unpaired) electrons. The molecule has 0 spiro atoms. The summed E-state index contributed by atoms with van der Waals surface area (Å²) in [5, 5.41) is 17.5. The molecule has 0 fully saturated rings. The second-order valence-electron chi connectivity index (χ2n) is 3.42. The summed E-state index contributed by atoms with van der Waals surface area (Å²) in [5.74, 6) is -0.162. The molecule has 0 heterocycles. The molecule has 1 aromatic carbocycles. The van der Waals surface area contributed by atoms with E-state index in [-0.39, 0.29) is 5.75 Å². The van der Waals surface area contributed by atoms with Crippen molar-refractivity contribution in [3.8, 4) is 0 Å². The molecule has 0 saturated heterocycles. The van der Waals surface area contributed by atoms with Gasteiger partial charge in [-0.2, -0.15) is 0 Å². The fourth-order valence-corrected chi connectivity index (χ4v) is 2.59. The molecule has 0 bridgehead atoms. The minimum absolute atomic E-state index is 0.162. The summed E-state index contributed by atoms with van der Waals surface area (Å²) in [6.07, 6.45) is 0. The minimum Gasteiger partial charge on any atom is -0.395 e. The predicted octanol–water partition coefficient (Wildman–Crippen LogP) is -0.541. The minimum atomic E-state index is -3.53. The fraction of sp³-hybridized carbons (Fsp3) is 0.400. The van der Waals surface area contributed by atoms with Gasteiger partial charge in [-0.25, -0.2) is 13.1 Å². The molecule has 0 aromatic heterocycles. The molecular formula is C10H15NO4S. The van der Waals surface area contributed by atoms with Crippen molar-refractivity contribution in [2.45, 2.75) is 11.8 Å². The van der Waals surface area contributed by atoms with Crippen LogP contribution >= 0.6 is 0 Å². The molecule has 0 amide bonds. The van der Waals surface area contributed by atoms with Gasteiger partial charge >= 0.3 is 0 Å². The summed E-state index contributed by atoms with van der Waals surface area (Å²) in [4.78, 5) is 0. The molecule has 6 heteroatoms. The molecule has 3 N–H and O–H groups in total. The van der Waals surface area contributed by atoms with Crippen LogP contribution in [-0.4, -0.2) is 37.9 Å². The van der Waals surface area contributed by atoms with E-state index < -0.39 is 29.3 Å². The van der Waals surface area contributed by atoms with Gasteiger partial charge < -0.3 is 10.2 Å². The summed E-state index contributed by atoms with van der Waals surface area (Å²) in [7, 11) is -3.53. The SMILES string of the molecule is O=S(=O)(Cc1ccccc1)NC(CO)CO. The van der Waals surface area contributed by atoms with Crippen molar-refractivity contribution in [1.29, 1.82) is 0 Å². The third-order valence-electron chi connectivity index (χ3n) is 1.99. The average molecular weight is 245 g/mol. The number of aliphatic hydroxyl groups excluding tert-OH is 2. The molecule has 16 heavy (non-hydrogen) atoms. The van der Waals surface area contributed by atoms with E-state index in [0.717, 1.165) is 0 Å². The van der Waals surface area contributed by atoms with Gasteiger partial charge in [-0.3, -0.25) is 0 Å². The lowest BCUT2D eigenvalue weighted by Gasteiger charge is -2.13. The van der Waals surface area contributed by atoms with Gasteiger partial charge in [0.15, 0.2) is 0 Å². The lowest BCUT2D eigenvalue weighted by Crippen LogP contribution is -2.40. The molecule has 90 valence electrons. The summed E-state index contributed by atoms with van der Waals surface area (Å²) in [6.45, 7) is -0.852. The molecule has 5 nitrogen and oxygen atoms in total. The lowest BCUT2D eigenvalue weighted by atomic mass is 10.2. The van der Waals surface area contributed by atoms with E-state index in [4.69, 9.17) is 10.2 Å². The van der Waals surface area contributed by atoms with Crippen LogP contribution in [0.5, 0.6) is 0 Å². The lowest BCUT2D eigenvalue weighted by molar-refractivity contribution is 0.185. The fourth-order valence-electron chi connectivity index (χ4n) is 1.22. The van der Waals surface area contributed by atoms with Crippen molar-refractivity contribution in [3.05, 3.63) is 35.9 Å². The zero-order valence-corrected chi connectivity index (χ0v) is 9.52. The molecule has 0 atom stereocenters. The van der Waals surface area contributed by atoms with Crippen LogP contribution in [0.25, 0.3) is 0 Å². The van der Waals surface area contributed by atoms with Crippen molar-refractivity contribution >= 4 is 10.0 Å². The molecule has 0 aliphatic heterocycles. The molecule has 1 aromatic rings. The van der Waals surface area contributed by atoms with Crippen LogP contribution in [0.1, 0.15) is 5.56 Å². The molecule has 0 aliphatic carbocycles. The Labute approximate surface area is 94.8 Å². The van der Waals surface area contributed by atoms with Crippen molar-refractivity contribution in [3.63, 3.8) is 0 Å². The third-order valence-corrected chi connectivity index (χ3v) is 3.39. The highest BCUT2D eigenvalue weighted by molar-refractivity contribution is 7.88. The summed E-state index contributed by atoms with van der Waals surface area (Å²) < 4.78 is 25.4. The second-order valence-corrected chi connectivity index (χ2v) is 5.18. The Kier molecular flexibility index (Phi) is 4.88. The van der Waals surface area contributed by atoms with E-state index in [0.29, 0.717) is 5.56 Å². The van der Waals surface area contributed by atoms with Crippen LogP contribution in [0.2, 0.25) is 0 Å². The highest BCUT2D eigenvalue weighted by atomic mass is 32.2. The van der Waals surface area contributed by atoms with Crippen LogP contribution in [0.15, 0.2) is 30.3 Å². The van der Waals surface area contributed by atoms with E-state index in [2.05, 4.69) is 4.72 Å². The first-order valence-electron chi connectivity index (χ1n) is 4.83. The van der Waals surface area contributed by atoms with Crippen LogP contribution < -0.4 is 4.72 Å². The molecule has 0 aliphatic rings. The zero-order valence-electron chi connectivity index (χ0n) is 8.70. The van der Waals surface area contributed by atoms with Crippen LogP contribution in [0, 0.1) is 0 Å². The van der Waals surface area contributed by atoms with Gasteiger partial charge in [0.05, 0.1) is 25.0 Å². The summed E-state index contributed by atoms with van der Waals surface area (Å²) >= 11 is 0. The Morgan fingerprint density at radius 1 is 1.12 bits per heavy atom. The Bertz CT molecular complexity index is 400. The normalized spacial score (nSPS) is 11.9. The predicted molar refractivity (Wildman–Crippen MR) is 60.2 cm³/mol. The van der Waals surface area contributed by atoms with Crippen LogP contribution in [0.3, 0.4) is 0 Å². The molecule has 1 rings (SSSR count). The first-order chi connectivity index (χ1) is 7.57. The average Bonchev–Trinajstić information content (AvgIpc) is 2.26. The van der Waals surface area contributed by atoms with Crippen molar-refractivity contribution < 1.29 is 18.6 Å². The van der Waals surface area contributed by atoms with Gasteiger partial charge in [0.2, 0.25) is 10.0 Å². The standard InChI is InChI=1S/C10H15NO4S/c12-6-10(7-13)11-16(14,15)8-9-4-2-1-3-5-9/h1-5,10-13H,6-8H2. The summed E-state index contributed by atoms with van der Waals surface area (Å²) in [5.41, 5.74) is 0.657. The van der Waals surface area contributed by atoms with E-state index in [1.54, 1.807) is 30.3 Å². The van der Waals surface area contributed by atoms with Crippen molar-refractivity contribution in [2.24, 2.45) is 0 Å². The van der Waals surface area contributed by atoms with Gasteiger partial charge in [-0.05, 0) is 5.56 Å². The van der Waals surface area contributed by atoms with Crippen LogP contribution in [-0.2, 0) is 15.8 Å². The Morgan fingerprint density at radius 3 is 2.19 bits per heavy atom. The first kappa shape index (κ1) is 13.1. The topological polar surface area (TPSA) is 86.6 Å². The summed E-state index contributed by atoms with van der Waals surface area (Å²) in [6, 6.07) is 7.86. The number of aliphatic hydroxyl groups is 2. The van der Waals surface area contributed by atoms with Gasteiger partial charge in [0.1, 0.15) is 0 Å². The van der Waals surface area contributed by atoms with E-state index in [9.17, 15) is 8.42 Å². The number of sulfonamides is 1. The number of hydrogen-bond acceptors (Lipinski definition) is 4. The Hall–Kier alpha value is -0.950. The highest BCUT2D eigenvalue weighted by Crippen LogP contribution is 2.04. The quantitative estimate of drug-likeness (QED) is 0.628. The Balaban J connectivity index is 2.66. The number of benzene rings is 1. The Morgan fingerprint density at radius 2 is 1.69 bits per heavy atom. The maximum absolute atomic E-state index is 11.6. The third kappa shape index (κ3) is 4.28. The van der Waals surface area contributed by atoms with Crippen molar-refractivity contribution in [1.82, 2.24) is 4.72 Å². The van der Waals surface area contributed by atoms with E-state index in [1.807, 2.05) is 0 Å². The van der Waals surface area contributed by atoms with Gasteiger partial charge in [0.25, 0.3) is 0 Å².